The van der Waals surface area contributed by atoms with E-state index in [9.17, 15) is 27.3 Å². The van der Waals surface area contributed by atoms with E-state index in [-0.39, 0.29) is 6.07 Å². The first kappa shape index (κ1) is 14.2. The molecule has 0 fully saturated rings. The van der Waals surface area contributed by atoms with E-state index in [2.05, 4.69) is 4.98 Å². The maximum Gasteiger partial charge on any atom is 0.284 e. The van der Waals surface area contributed by atoms with Gasteiger partial charge < -0.3 is 0 Å². The summed E-state index contributed by atoms with van der Waals surface area (Å²) < 4.78 is 47.1. The molecule has 1 aromatic rings. The van der Waals surface area contributed by atoms with Gasteiger partial charge in [-0.1, -0.05) is 0 Å². The molecule has 18 heavy (non-hydrogen) atoms. The van der Waals surface area contributed by atoms with Gasteiger partial charge in [0.25, 0.3) is 21.2 Å². The Kier molecular flexibility index (Phi) is 3.78. The molecule has 11 heteroatoms. The van der Waals surface area contributed by atoms with Gasteiger partial charge in [0.1, 0.15) is 11.6 Å². The van der Waals surface area contributed by atoms with Crippen molar-refractivity contribution in [2.24, 2.45) is 0 Å². The van der Waals surface area contributed by atoms with E-state index in [0.717, 1.165) is 0 Å². The minimum Gasteiger partial charge on any atom is -0.258 e. The molecule has 0 amide bonds. The van der Waals surface area contributed by atoms with E-state index >= 15 is 0 Å². The van der Waals surface area contributed by atoms with Gasteiger partial charge in [0.05, 0.1) is 11.0 Å². The summed E-state index contributed by atoms with van der Waals surface area (Å²) in [6.45, 7) is 0. The second-order valence-corrected chi connectivity index (χ2v) is 5.36. The number of rotatable bonds is 3. The van der Waals surface area contributed by atoms with Crippen molar-refractivity contribution in [2.75, 3.05) is 0 Å². The van der Waals surface area contributed by atoms with Crippen molar-refractivity contribution in [1.82, 2.24) is 4.98 Å². The lowest BCUT2D eigenvalue weighted by atomic mass is 10.2. The standard InChI is InChI=1S/C7H2ClF2N3O4S/c8-18(16,17)5-1-4(13(14)15)6(7(9)10)3(2-11)12-5/h1,7H. The molecule has 7 nitrogen and oxygen atoms in total. The van der Waals surface area contributed by atoms with Gasteiger partial charge in [0, 0.05) is 10.7 Å². The fraction of sp³-hybridized carbons (Fsp3) is 0.143. The molecule has 0 saturated carbocycles. The Morgan fingerprint density at radius 1 is 1.56 bits per heavy atom. The van der Waals surface area contributed by atoms with Crippen molar-refractivity contribution < 1.29 is 22.1 Å². The second-order valence-electron chi connectivity index (χ2n) is 2.85. The average Bonchev–Trinajstić information content (AvgIpc) is 2.25. The van der Waals surface area contributed by atoms with Gasteiger partial charge in [-0.15, -0.1) is 0 Å². The first-order chi connectivity index (χ1) is 8.18. The van der Waals surface area contributed by atoms with Crippen molar-refractivity contribution in [3.05, 3.63) is 27.4 Å². The van der Waals surface area contributed by atoms with Crippen molar-refractivity contribution in [2.45, 2.75) is 11.5 Å². The van der Waals surface area contributed by atoms with Crippen molar-refractivity contribution in [3.8, 4) is 6.07 Å². The van der Waals surface area contributed by atoms with Crippen molar-refractivity contribution in [1.29, 1.82) is 5.26 Å². The molecule has 0 unspecified atom stereocenters. The van der Waals surface area contributed by atoms with Crippen LogP contribution in [0.1, 0.15) is 17.7 Å². The van der Waals surface area contributed by atoms with Crippen LogP contribution in [0.5, 0.6) is 0 Å². The normalized spacial score (nSPS) is 11.3. The number of halogens is 3. The molecule has 1 rings (SSSR count). The topological polar surface area (TPSA) is 114 Å². The Morgan fingerprint density at radius 2 is 2.11 bits per heavy atom. The van der Waals surface area contributed by atoms with Crippen molar-refractivity contribution in [3.63, 3.8) is 0 Å². The smallest absolute Gasteiger partial charge is 0.258 e. The predicted octanol–water partition coefficient (Wildman–Crippen LogP) is 1.73. The summed E-state index contributed by atoms with van der Waals surface area (Å²) in [5, 5.41) is 18.1. The maximum atomic E-state index is 12.6. The number of nitrogens with zero attached hydrogens (tertiary/aromatic N) is 3. The summed E-state index contributed by atoms with van der Waals surface area (Å²) in [6, 6.07) is 1.45. The molecule has 0 aliphatic heterocycles. The monoisotopic (exact) mass is 297 g/mol. The molecule has 1 aromatic heterocycles. The van der Waals surface area contributed by atoms with E-state index in [1.807, 2.05) is 0 Å². The summed E-state index contributed by atoms with van der Waals surface area (Å²) in [5.74, 6) is 0. The molecule has 96 valence electrons. The molecule has 0 aliphatic rings. The molecule has 0 aromatic carbocycles. The Bertz CT molecular complexity index is 655. The predicted molar refractivity (Wildman–Crippen MR) is 53.6 cm³/mol. The molecular formula is C7H2ClF2N3O4S. The Balaban J connectivity index is 3.77. The van der Waals surface area contributed by atoms with Gasteiger partial charge in [-0.25, -0.2) is 22.2 Å². The number of alkyl halides is 2. The molecule has 0 aliphatic carbocycles. The third-order valence-electron chi connectivity index (χ3n) is 1.78. The second kappa shape index (κ2) is 4.79. The zero-order valence-electron chi connectivity index (χ0n) is 8.17. The number of hydrogen-bond donors (Lipinski definition) is 0. The van der Waals surface area contributed by atoms with Gasteiger partial charge in [-0.3, -0.25) is 10.1 Å². The van der Waals surface area contributed by atoms with E-state index in [1.54, 1.807) is 0 Å². The van der Waals surface area contributed by atoms with Crippen molar-refractivity contribution >= 4 is 25.4 Å². The molecule has 1 heterocycles. The zero-order valence-corrected chi connectivity index (χ0v) is 9.74. The van der Waals surface area contributed by atoms with Crippen LogP contribution in [-0.4, -0.2) is 18.3 Å². The van der Waals surface area contributed by atoms with Gasteiger partial charge >= 0.3 is 0 Å². The van der Waals surface area contributed by atoms with E-state index in [1.165, 1.54) is 6.07 Å². The quantitative estimate of drug-likeness (QED) is 0.477. The Hall–Kier alpha value is -1.86. The number of nitro groups is 1. The molecule has 0 atom stereocenters. The summed E-state index contributed by atoms with van der Waals surface area (Å²) in [6.07, 6.45) is -3.35. The van der Waals surface area contributed by atoms with Crippen LogP contribution in [0.2, 0.25) is 0 Å². The molecule has 0 spiro atoms. The van der Waals surface area contributed by atoms with Crippen LogP contribution in [0.25, 0.3) is 0 Å². The molecule has 0 saturated heterocycles. The van der Waals surface area contributed by atoms with Crippen LogP contribution in [0.15, 0.2) is 11.1 Å². The third kappa shape index (κ3) is 2.69. The molecular weight excluding hydrogens is 296 g/mol. The lowest BCUT2D eigenvalue weighted by Crippen LogP contribution is -2.06. The summed E-state index contributed by atoms with van der Waals surface area (Å²) in [4.78, 5) is 12.4. The summed E-state index contributed by atoms with van der Waals surface area (Å²) in [5.41, 5.74) is -3.53. The highest BCUT2D eigenvalue weighted by molar-refractivity contribution is 8.13. The number of pyridine rings is 1. The lowest BCUT2D eigenvalue weighted by molar-refractivity contribution is -0.386. The van der Waals surface area contributed by atoms with Crippen LogP contribution >= 0.6 is 10.7 Å². The zero-order chi connectivity index (χ0) is 14.1. The van der Waals surface area contributed by atoms with Crippen LogP contribution in [0.4, 0.5) is 14.5 Å². The highest BCUT2D eigenvalue weighted by atomic mass is 35.7. The van der Waals surface area contributed by atoms with E-state index in [4.69, 9.17) is 15.9 Å². The average molecular weight is 298 g/mol. The number of hydrogen-bond acceptors (Lipinski definition) is 6. The number of aromatic nitrogens is 1. The van der Waals surface area contributed by atoms with Crippen LogP contribution in [0.3, 0.4) is 0 Å². The largest absolute Gasteiger partial charge is 0.284 e. The van der Waals surface area contributed by atoms with Gasteiger partial charge in [-0.2, -0.15) is 5.26 Å². The van der Waals surface area contributed by atoms with Gasteiger partial charge in [-0.05, 0) is 0 Å². The summed E-state index contributed by atoms with van der Waals surface area (Å²) in [7, 11) is 0.413. The third-order valence-corrected chi connectivity index (χ3v) is 2.97. The Morgan fingerprint density at radius 3 is 2.44 bits per heavy atom. The minimum atomic E-state index is -4.47. The highest BCUT2D eigenvalue weighted by Crippen LogP contribution is 2.33. The van der Waals surface area contributed by atoms with E-state index in [0.29, 0.717) is 0 Å². The summed E-state index contributed by atoms with van der Waals surface area (Å²) >= 11 is 0. The molecule has 0 N–H and O–H groups in total. The lowest BCUT2D eigenvalue weighted by Gasteiger charge is -2.04. The fourth-order valence-electron chi connectivity index (χ4n) is 1.10. The maximum absolute atomic E-state index is 12.6. The molecule has 0 radical (unpaired) electrons. The van der Waals surface area contributed by atoms with Crippen LogP contribution < -0.4 is 0 Å². The SMILES string of the molecule is N#Cc1nc(S(=O)(=O)Cl)cc([N+](=O)[O-])c1C(F)F. The van der Waals surface area contributed by atoms with Gasteiger partial charge in [0.15, 0.2) is 10.7 Å². The van der Waals surface area contributed by atoms with Crippen LogP contribution in [0, 0.1) is 21.4 Å². The fourth-order valence-corrected chi connectivity index (χ4v) is 1.78. The van der Waals surface area contributed by atoms with E-state index < -0.39 is 42.4 Å². The molecule has 0 bridgehead atoms. The Labute approximate surface area is 103 Å². The van der Waals surface area contributed by atoms with Crippen LogP contribution in [-0.2, 0) is 9.05 Å². The number of nitriles is 1. The van der Waals surface area contributed by atoms with Gasteiger partial charge in [0.2, 0.25) is 0 Å². The first-order valence-corrected chi connectivity index (χ1v) is 6.31. The first-order valence-electron chi connectivity index (χ1n) is 4.00. The minimum absolute atomic E-state index is 0.282. The highest BCUT2D eigenvalue weighted by Gasteiger charge is 2.30.